The van der Waals surface area contributed by atoms with E-state index in [0.717, 1.165) is 17.7 Å². The van der Waals surface area contributed by atoms with Crippen LogP contribution in [-0.4, -0.2) is 74.0 Å². The zero-order chi connectivity index (χ0) is 30.2. The fraction of sp³-hybridized carbons (Fsp3) is 0.517. The van der Waals surface area contributed by atoms with Crippen molar-refractivity contribution in [3.63, 3.8) is 0 Å². The fourth-order valence-electron chi connectivity index (χ4n) is 5.63. The summed E-state index contributed by atoms with van der Waals surface area (Å²) in [5.74, 6) is -1.74. The average Bonchev–Trinajstić information content (AvgIpc) is 3.65. The Morgan fingerprint density at radius 1 is 1.05 bits per heavy atom. The third kappa shape index (κ3) is 6.79. The molecule has 42 heavy (non-hydrogen) atoms. The maximum Gasteiger partial charge on any atom is 0.408 e. The van der Waals surface area contributed by atoms with Gasteiger partial charge in [0.25, 0.3) is 5.91 Å². The molecule has 0 N–H and O–H groups in total. The molecule has 1 aliphatic carbocycles. The molecule has 3 aliphatic rings. The molecular formula is C29H30Cl2F4N2O5. The van der Waals surface area contributed by atoms with Gasteiger partial charge in [0, 0.05) is 16.1 Å². The second-order valence-corrected chi connectivity index (χ2v) is 11.8. The van der Waals surface area contributed by atoms with Crippen molar-refractivity contribution in [1.82, 2.24) is 9.80 Å². The summed E-state index contributed by atoms with van der Waals surface area (Å²) in [5, 5.41) is 0.275. The minimum Gasteiger partial charge on any atom is -0.493 e. The van der Waals surface area contributed by atoms with E-state index in [1.54, 1.807) is 0 Å². The Bertz CT molecular complexity index is 1310. The van der Waals surface area contributed by atoms with Crippen LogP contribution in [0.5, 0.6) is 5.75 Å². The number of hydrogen-bond donors (Lipinski definition) is 0. The Labute approximate surface area is 250 Å². The number of ether oxygens (including phenoxy) is 3. The second-order valence-electron chi connectivity index (χ2n) is 10.9. The standard InChI is InChI=1S/C29H30Cl2F4N2O5/c1-40-28(39)24-14-41-15-37(24)27(38)22-11-21(17-2-3-17)25(12-23(22)32)42-13-16-4-6-36(7-5-16)26(29(33,34)35)18-8-19(30)10-20(31)9-18/h8-12,16-17,24,26H,2-7,13-15H2,1H3/t24-,26?/m0/s1. The molecular weight excluding hydrogens is 603 g/mol. The number of rotatable bonds is 8. The van der Waals surface area contributed by atoms with Gasteiger partial charge in [0.1, 0.15) is 24.3 Å². The predicted molar refractivity (Wildman–Crippen MR) is 146 cm³/mol. The number of piperidine rings is 1. The van der Waals surface area contributed by atoms with Gasteiger partial charge in [-0.2, -0.15) is 13.2 Å². The number of amides is 1. The first kappa shape index (κ1) is 30.8. The van der Waals surface area contributed by atoms with Crippen LogP contribution in [0.3, 0.4) is 0 Å². The molecule has 7 nitrogen and oxygen atoms in total. The molecule has 0 radical (unpaired) electrons. The maximum absolute atomic E-state index is 15.2. The molecule has 1 unspecified atom stereocenters. The molecule has 2 aromatic carbocycles. The Morgan fingerprint density at radius 2 is 1.71 bits per heavy atom. The van der Waals surface area contributed by atoms with Crippen LogP contribution < -0.4 is 4.74 Å². The zero-order valence-electron chi connectivity index (χ0n) is 22.8. The van der Waals surface area contributed by atoms with E-state index < -0.39 is 36.0 Å². The summed E-state index contributed by atoms with van der Waals surface area (Å²) in [6.45, 7) is 0.363. The van der Waals surface area contributed by atoms with Crippen molar-refractivity contribution in [2.75, 3.05) is 40.1 Å². The van der Waals surface area contributed by atoms with Crippen molar-refractivity contribution in [3.8, 4) is 5.75 Å². The van der Waals surface area contributed by atoms with Crippen LogP contribution >= 0.6 is 23.2 Å². The molecule has 228 valence electrons. The van der Waals surface area contributed by atoms with E-state index in [9.17, 15) is 22.8 Å². The summed E-state index contributed by atoms with van der Waals surface area (Å²) in [7, 11) is 1.20. The van der Waals surface area contributed by atoms with E-state index in [-0.39, 0.29) is 66.0 Å². The first-order valence-electron chi connectivity index (χ1n) is 13.7. The first-order chi connectivity index (χ1) is 20.0. The van der Waals surface area contributed by atoms with Gasteiger partial charge in [0.2, 0.25) is 0 Å². The van der Waals surface area contributed by atoms with Gasteiger partial charge >= 0.3 is 12.1 Å². The number of halogens is 6. The van der Waals surface area contributed by atoms with Crippen molar-refractivity contribution in [2.24, 2.45) is 5.92 Å². The molecule has 2 aliphatic heterocycles. The molecule has 0 aromatic heterocycles. The highest BCUT2D eigenvalue weighted by Gasteiger charge is 2.46. The largest absolute Gasteiger partial charge is 0.493 e. The van der Waals surface area contributed by atoms with Crippen LogP contribution in [-0.2, 0) is 14.3 Å². The smallest absolute Gasteiger partial charge is 0.408 e. The van der Waals surface area contributed by atoms with Crippen molar-refractivity contribution in [1.29, 1.82) is 0 Å². The van der Waals surface area contributed by atoms with Crippen LogP contribution in [0.25, 0.3) is 0 Å². The molecule has 3 fully saturated rings. The third-order valence-corrected chi connectivity index (χ3v) is 8.40. The molecule has 5 rings (SSSR count). The third-order valence-electron chi connectivity index (χ3n) is 7.96. The molecule has 2 heterocycles. The number of carbonyl (C=O) groups is 2. The lowest BCUT2D eigenvalue weighted by Crippen LogP contribution is -2.44. The molecule has 2 atom stereocenters. The van der Waals surface area contributed by atoms with Crippen molar-refractivity contribution < 1.29 is 41.4 Å². The summed E-state index contributed by atoms with van der Waals surface area (Å²) >= 11 is 12.0. The van der Waals surface area contributed by atoms with Gasteiger partial charge in [-0.25, -0.2) is 9.18 Å². The van der Waals surface area contributed by atoms with Gasteiger partial charge in [-0.1, -0.05) is 23.2 Å². The monoisotopic (exact) mass is 632 g/mol. The number of alkyl halides is 3. The maximum atomic E-state index is 15.2. The number of carbonyl (C=O) groups excluding carboxylic acids is 2. The quantitative estimate of drug-likeness (QED) is 0.249. The van der Waals surface area contributed by atoms with Crippen LogP contribution in [0.1, 0.15) is 59.1 Å². The lowest BCUT2D eigenvalue weighted by Gasteiger charge is -2.38. The molecule has 0 bridgehead atoms. The van der Waals surface area contributed by atoms with Crippen LogP contribution in [0.15, 0.2) is 30.3 Å². The minimum absolute atomic E-state index is 0.00714. The summed E-state index contributed by atoms with van der Waals surface area (Å²) < 4.78 is 73.6. The SMILES string of the molecule is COC(=O)[C@@H]1COCN1C(=O)c1cc(C2CC2)c(OCC2CCN(C(c3cc(Cl)cc(Cl)c3)C(F)(F)F)CC2)cc1F. The average molecular weight is 633 g/mol. The van der Waals surface area contributed by atoms with Gasteiger partial charge < -0.3 is 14.2 Å². The Kier molecular flexibility index (Phi) is 9.22. The van der Waals surface area contributed by atoms with Crippen molar-refractivity contribution in [2.45, 2.75) is 49.9 Å². The highest BCUT2D eigenvalue weighted by molar-refractivity contribution is 6.34. The molecule has 2 aromatic rings. The normalized spacial score (nSPS) is 20.9. The molecule has 2 saturated heterocycles. The van der Waals surface area contributed by atoms with E-state index in [2.05, 4.69) is 0 Å². The van der Waals surface area contributed by atoms with Crippen LogP contribution in [0.2, 0.25) is 10.0 Å². The number of esters is 1. The first-order valence-corrected chi connectivity index (χ1v) is 14.4. The second kappa shape index (κ2) is 12.6. The summed E-state index contributed by atoms with van der Waals surface area (Å²) in [6, 6.07) is 3.83. The number of methoxy groups -OCH3 is 1. The van der Waals surface area contributed by atoms with Gasteiger partial charge in [-0.15, -0.1) is 0 Å². The van der Waals surface area contributed by atoms with E-state index in [1.807, 2.05) is 0 Å². The van der Waals surface area contributed by atoms with Gasteiger partial charge in [0.15, 0.2) is 6.04 Å². The summed E-state index contributed by atoms with van der Waals surface area (Å²) in [5.41, 5.74) is 0.505. The molecule has 1 saturated carbocycles. The number of hydrogen-bond acceptors (Lipinski definition) is 6. The van der Waals surface area contributed by atoms with Gasteiger partial charge in [-0.3, -0.25) is 14.6 Å². The number of likely N-dealkylation sites (tertiary alicyclic amines) is 1. The number of benzene rings is 2. The van der Waals surface area contributed by atoms with E-state index in [1.165, 1.54) is 42.3 Å². The lowest BCUT2D eigenvalue weighted by molar-refractivity contribution is -0.190. The minimum atomic E-state index is -4.52. The Morgan fingerprint density at radius 3 is 2.31 bits per heavy atom. The van der Waals surface area contributed by atoms with Crippen molar-refractivity contribution >= 4 is 35.1 Å². The highest BCUT2D eigenvalue weighted by atomic mass is 35.5. The summed E-state index contributed by atoms with van der Waals surface area (Å²) in [6.07, 6.45) is -1.91. The Balaban J connectivity index is 1.25. The highest BCUT2D eigenvalue weighted by Crippen LogP contribution is 2.46. The van der Waals surface area contributed by atoms with Crippen molar-refractivity contribution in [3.05, 3.63) is 62.9 Å². The van der Waals surface area contributed by atoms with Gasteiger partial charge in [0.05, 0.1) is 25.9 Å². The van der Waals surface area contributed by atoms with E-state index in [4.69, 9.17) is 37.4 Å². The molecule has 13 heteroatoms. The Hall–Kier alpha value is -2.60. The van der Waals surface area contributed by atoms with Crippen LogP contribution in [0, 0.1) is 11.7 Å². The predicted octanol–water partition coefficient (Wildman–Crippen LogP) is 6.38. The topological polar surface area (TPSA) is 68.3 Å². The van der Waals surface area contributed by atoms with Crippen LogP contribution in [0.4, 0.5) is 17.6 Å². The fourth-order valence-corrected chi connectivity index (χ4v) is 6.17. The lowest BCUT2D eigenvalue weighted by atomic mass is 9.94. The van der Waals surface area contributed by atoms with E-state index >= 15 is 4.39 Å². The van der Waals surface area contributed by atoms with E-state index in [0.29, 0.717) is 24.2 Å². The summed E-state index contributed by atoms with van der Waals surface area (Å²) in [4.78, 5) is 27.7. The van der Waals surface area contributed by atoms with Gasteiger partial charge in [-0.05, 0) is 86.0 Å². The zero-order valence-corrected chi connectivity index (χ0v) is 24.3. The number of nitrogens with zero attached hydrogens (tertiary/aromatic N) is 2. The molecule has 1 amide bonds. The molecule has 0 spiro atoms.